The van der Waals surface area contributed by atoms with Crippen LogP contribution in [0.5, 0.6) is 0 Å². The van der Waals surface area contributed by atoms with Crippen molar-refractivity contribution >= 4 is 23.5 Å². The lowest BCUT2D eigenvalue weighted by molar-refractivity contribution is 0.589. The Labute approximate surface area is 113 Å². The SMILES string of the molecule is Cc1cc(C=Nc2ccc(Cl)cc2)cn1C(C)C. The van der Waals surface area contributed by atoms with Crippen molar-refractivity contribution in [2.45, 2.75) is 26.8 Å². The quantitative estimate of drug-likeness (QED) is 0.707. The molecule has 0 aliphatic carbocycles. The summed E-state index contributed by atoms with van der Waals surface area (Å²) in [5.74, 6) is 0. The van der Waals surface area contributed by atoms with E-state index in [4.69, 9.17) is 11.6 Å². The van der Waals surface area contributed by atoms with Crippen molar-refractivity contribution in [2.75, 3.05) is 0 Å². The van der Waals surface area contributed by atoms with Crippen LogP contribution in [-0.2, 0) is 0 Å². The van der Waals surface area contributed by atoms with Gasteiger partial charge in [-0.15, -0.1) is 0 Å². The Morgan fingerprint density at radius 2 is 1.89 bits per heavy atom. The van der Waals surface area contributed by atoms with E-state index >= 15 is 0 Å². The maximum absolute atomic E-state index is 5.83. The van der Waals surface area contributed by atoms with Crippen LogP contribution in [0, 0.1) is 6.92 Å². The van der Waals surface area contributed by atoms with Gasteiger partial charge in [0.1, 0.15) is 0 Å². The minimum Gasteiger partial charge on any atom is -0.349 e. The van der Waals surface area contributed by atoms with Gasteiger partial charge in [-0.2, -0.15) is 0 Å². The van der Waals surface area contributed by atoms with E-state index in [9.17, 15) is 0 Å². The molecule has 2 rings (SSSR count). The van der Waals surface area contributed by atoms with Crippen LogP contribution in [0.25, 0.3) is 0 Å². The maximum atomic E-state index is 5.83. The molecular weight excluding hydrogens is 244 g/mol. The molecule has 1 aromatic carbocycles. The average Bonchev–Trinajstić information content (AvgIpc) is 2.70. The molecule has 0 radical (unpaired) electrons. The van der Waals surface area contributed by atoms with Crippen LogP contribution in [0.3, 0.4) is 0 Å². The van der Waals surface area contributed by atoms with E-state index in [0.29, 0.717) is 6.04 Å². The summed E-state index contributed by atoms with van der Waals surface area (Å²) in [5.41, 5.74) is 3.29. The van der Waals surface area contributed by atoms with Gasteiger partial charge in [-0.25, -0.2) is 0 Å². The van der Waals surface area contributed by atoms with Crippen LogP contribution < -0.4 is 0 Å². The summed E-state index contributed by atoms with van der Waals surface area (Å²) in [7, 11) is 0. The Morgan fingerprint density at radius 3 is 2.44 bits per heavy atom. The molecule has 0 bridgehead atoms. The Kier molecular flexibility index (Phi) is 3.87. The van der Waals surface area contributed by atoms with Crippen LogP contribution in [0.2, 0.25) is 5.02 Å². The minimum absolute atomic E-state index is 0.475. The Balaban J connectivity index is 2.18. The van der Waals surface area contributed by atoms with E-state index in [0.717, 1.165) is 16.3 Å². The first-order valence-electron chi connectivity index (χ1n) is 6.04. The van der Waals surface area contributed by atoms with E-state index in [2.05, 4.69) is 42.6 Å². The number of hydrogen-bond acceptors (Lipinski definition) is 1. The largest absolute Gasteiger partial charge is 0.349 e. The molecule has 1 aromatic heterocycles. The van der Waals surface area contributed by atoms with Crippen molar-refractivity contribution < 1.29 is 0 Å². The molecule has 0 aliphatic rings. The lowest BCUT2D eigenvalue weighted by atomic mass is 10.3. The van der Waals surface area contributed by atoms with Crippen LogP contribution in [0.4, 0.5) is 5.69 Å². The van der Waals surface area contributed by atoms with Crippen molar-refractivity contribution in [2.24, 2.45) is 4.99 Å². The molecule has 0 fully saturated rings. The third-order valence-electron chi connectivity index (χ3n) is 2.82. The predicted molar refractivity (Wildman–Crippen MR) is 78.3 cm³/mol. The molecule has 18 heavy (non-hydrogen) atoms. The first-order valence-corrected chi connectivity index (χ1v) is 6.42. The topological polar surface area (TPSA) is 17.3 Å². The standard InChI is InChI=1S/C15H17ClN2/c1-11(2)18-10-13(8-12(18)3)9-17-15-6-4-14(16)5-7-15/h4-11H,1-3H3. The molecule has 0 amide bonds. The third-order valence-corrected chi connectivity index (χ3v) is 3.07. The molecule has 2 nitrogen and oxygen atoms in total. The molecule has 0 saturated carbocycles. The van der Waals surface area contributed by atoms with Gasteiger partial charge in [0.2, 0.25) is 0 Å². The Hall–Kier alpha value is -1.54. The van der Waals surface area contributed by atoms with E-state index in [-0.39, 0.29) is 0 Å². The molecule has 0 spiro atoms. The van der Waals surface area contributed by atoms with Crippen LogP contribution in [0.15, 0.2) is 41.5 Å². The van der Waals surface area contributed by atoms with Gasteiger partial charge >= 0.3 is 0 Å². The highest BCUT2D eigenvalue weighted by molar-refractivity contribution is 6.30. The molecule has 0 atom stereocenters. The lowest BCUT2D eigenvalue weighted by Crippen LogP contribution is -2.00. The molecule has 2 aromatic rings. The fourth-order valence-corrected chi connectivity index (χ4v) is 2.04. The normalized spacial score (nSPS) is 11.6. The van der Waals surface area contributed by atoms with E-state index in [1.165, 1.54) is 5.69 Å². The first kappa shape index (κ1) is 12.9. The predicted octanol–water partition coefficient (Wildman–Crippen LogP) is 4.78. The highest BCUT2D eigenvalue weighted by Crippen LogP contribution is 2.17. The summed E-state index contributed by atoms with van der Waals surface area (Å²) in [5, 5.41) is 0.732. The lowest BCUT2D eigenvalue weighted by Gasteiger charge is -2.08. The van der Waals surface area contributed by atoms with Gasteiger partial charge in [0.25, 0.3) is 0 Å². The van der Waals surface area contributed by atoms with Crippen molar-refractivity contribution in [3.05, 3.63) is 52.8 Å². The number of rotatable bonds is 3. The monoisotopic (exact) mass is 260 g/mol. The number of hydrogen-bond donors (Lipinski definition) is 0. The Bertz CT molecular complexity index is 550. The fourth-order valence-electron chi connectivity index (χ4n) is 1.92. The van der Waals surface area contributed by atoms with Gasteiger partial charge in [0.15, 0.2) is 0 Å². The summed E-state index contributed by atoms with van der Waals surface area (Å²) in [6.07, 6.45) is 4.01. The molecule has 3 heteroatoms. The van der Waals surface area contributed by atoms with Gasteiger partial charge in [-0.05, 0) is 51.1 Å². The first-order chi connectivity index (χ1) is 8.56. The zero-order valence-corrected chi connectivity index (χ0v) is 11.6. The zero-order valence-electron chi connectivity index (χ0n) is 10.9. The molecule has 94 valence electrons. The summed E-state index contributed by atoms with van der Waals surface area (Å²) >= 11 is 5.83. The average molecular weight is 261 g/mol. The highest BCUT2D eigenvalue weighted by atomic mass is 35.5. The molecule has 0 unspecified atom stereocenters. The number of aryl methyl sites for hydroxylation is 1. The van der Waals surface area contributed by atoms with Gasteiger partial charge in [-0.3, -0.25) is 4.99 Å². The van der Waals surface area contributed by atoms with Gasteiger partial charge < -0.3 is 4.57 Å². The molecule has 0 saturated heterocycles. The van der Waals surface area contributed by atoms with Gasteiger partial charge in [0, 0.05) is 34.7 Å². The number of aromatic nitrogens is 1. The zero-order chi connectivity index (χ0) is 13.1. The molecular formula is C15H17ClN2. The second-order valence-electron chi connectivity index (χ2n) is 4.65. The number of aliphatic imine (C=N–C) groups is 1. The van der Waals surface area contributed by atoms with Crippen LogP contribution >= 0.6 is 11.6 Å². The number of benzene rings is 1. The van der Waals surface area contributed by atoms with E-state index in [1.54, 1.807) is 0 Å². The van der Waals surface area contributed by atoms with E-state index in [1.807, 2.05) is 30.5 Å². The van der Waals surface area contributed by atoms with Crippen LogP contribution in [-0.4, -0.2) is 10.8 Å². The Morgan fingerprint density at radius 1 is 1.22 bits per heavy atom. The fraction of sp³-hybridized carbons (Fsp3) is 0.267. The molecule has 0 N–H and O–H groups in total. The molecule has 1 heterocycles. The smallest absolute Gasteiger partial charge is 0.0630 e. The second-order valence-corrected chi connectivity index (χ2v) is 5.09. The van der Waals surface area contributed by atoms with Crippen LogP contribution in [0.1, 0.15) is 31.1 Å². The van der Waals surface area contributed by atoms with E-state index < -0.39 is 0 Å². The van der Waals surface area contributed by atoms with Crippen molar-refractivity contribution in [3.8, 4) is 0 Å². The molecule has 0 aliphatic heterocycles. The van der Waals surface area contributed by atoms with Gasteiger partial charge in [-0.1, -0.05) is 11.6 Å². The third kappa shape index (κ3) is 3.02. The minimum atomic E-state index is 0.475. The highest BCUT2D eigenvalue weighted by Gasteiger charge is 2.03. The summed E-state index contributed by atoms with van der Waals surface area (Å²) in [6, 6.07) is 10.1. The number of halogens is 1. The summed E-state index contributed by atoms with van der Waals surface area (Å²) in [4.78, 5) is 4.43. The maximum Gasteiger partial charge on any atom is 0.0630 e. The van der Waals surface area contributed by atoms with Crippen molar-refractivity contribution in [1.29, 1.82) is 0 Å². The van der Waals surface area contributed by atoms with Crippen molar-refractivity contribution in [3.63, 3.8) is 0 Å². The summed E-state index contributed by atoms with van der Waals surface area (Å²) in [6.45, 7) is 6.46. The number of nitrogens with zero attached hydrogens (tertiary/aromatic N) is 2. The second kappa shape index (κ2) is 5.40. The van der Waals surface area contributed by atoms with Crippen molar-refractivity contribution in [1.82, 2.24) is 4.57 Å². The summed E-state index contributed by atoms with van der Waals surface area (Å²) < 4.78 is 2.24. The van der Waals surface area contributed by atoms with Gasteiger partial charge in [0.05, 0.1) is 5.69 Å².